The fourth-order valence-electron chi connectivity index (χ4n) is 2.43. The van der Waals surface area contributed by atoms with Gasteiger partial charge in [0.15, 0.2) is 0 Å². The first kappa shape index (κ1) is 12.7. The molecule has 0 atom stereocenters. The molecular formula is C13H21N3S. The van der Waals surface area contributed by atoms with Gasteiger partial charge in [-0.05, 0) is 38.9 Å². The zero-order valence-electron chi connectivity index (χ0n) is 10.7. The minimum absolute atomic E-state index is 0.679. The molecule has 1 aliphatic carbocycles. The Morgan fingerprint density at radius 1 is 1.41 bits per heavy atom. The van der Waals surface area contributed by atoms with Crippen LogP contribution in [0.25, 0.3) is 0 Å². The Morgan fingerprint density at radius 2 is 2.12 bits per heavy atom. The average molecular weight is 251 g/mol. The van der Waals surface area contributed by atoms with Crippen LogP contribution in [-0.2, 0) is 6.42 Å². The number of nitrogens with one attached hydrogen (secondary N) is 1. The summed E-state index contributed by atoms with van der Waals surface area (Å²) >= 11 is 5.26. The van der Waals surface area contributed by atoms with Crippen LogP contribution in [0.4, 0.5) is 0 Å². The molecule has 1 saturated carbocycles. The van der Waals surface area contributed by atoms with Crippen molar-refractivity contribution in [3.63, 3.8) is 0 Å². The van der Waals surface area contributed by atoms with Gasteiger partial charge < -0.3 is 9.88 Å². The van der Waals surface area contributed by atoms with Gasteiger partial charge in [0.1, 0.15) is 10.5 Å². The first-order valence-electron chi connectivity index (χ1n) is 6.40. The highest BCUT2D eigenvalue weighted by Crippen LogP contribution is 2.32. The van der Waals surface area contributed by atoms with Gasteiger partial charge in [-0.1, -0.05) is 25.1 Å². The molecule has 0 amide bonds. The summed E-state index contributed by atoms with van der Waals surface area (Å²) in [6.07, 6.45) is 6.23. The largest absolute Gasteiger partial charge is 0.347 e. The molecule has 0 aromatic carbocycles. The van der Waals surface area contributed by atoms with Gasteiger partial charge >= 0.3 is 0 Å². The number of aromatic nitrogens is 2. The summed E-state index contributed by atoms with van der Waals surface area (Å²) in [7, 11) is 4.16. The van der Waals surface area contributed by atoms with E-state index in [0.717, 1.165) is 23.4 Å². The lowest BCUT2D eigenvalue weighted by Crippen LogP contribution is -2.17. The molecule has 1 aliphatic rings. The van der Waals surface area contributed by atoms with E-state index in [-0.39, 0.29) is 0 Å². The van der Waals surface area contributed by atoms with Gasteiger partial charge in [0.05, 0.1) is 0 Å². The smallest absolute Gasteiger partial charge is 0.129 e. The van der Waals surface area contributed by atoms with E-state index in [4.69, 9.17) is 12.2 Å². The minimum Gasteiger partial charge on any atom is -0.347 e. The standard InChI is InChI=1S/C13H21N3S/c1-16(2)8-7-12-14-11(9-13(17)15-12)10-5-3-4-6-10/h9-10H,3-8H2,1-2H3,(H,14,15,17). The second-order valence-electron chi connectivity index (χ2n) is 5.16. The van der Waals surface area contributed by atoms with Crippen molar-refractivity contribution in [3.8, 4) is 0 Å². The molecule has 0 spiro atoms. The van der Waals surface area contributed by atoms with Gasteiger partial charge in [0.25, 0.3) is 0 Å². The monoisotopic (exact) mass is 251 g/mol. The van der Waals surface area contributed by atoms with Gasteiger partial charge in [0.2, 0.25) is 0 Å². The van der Waals surface area contributed by atoms with E-state index in [1.807, 2.05) is 6.07 Å². The molecule has 1 N–H and O–H groups in total. The predicted octanol–water partition coefficient (Wildman–Crippen LogP) is 2.90. The lowest BCUT2D eigenvalue weighted by Gasteiger charge is -2.13. The van der Waals surface area contributed by atoms with Crippen LogP contribution in [-0.4, -0.2) is 35.5 Å². The highest BCUT2D eigenvalue weighted by atomic mass is 32.1. The van der Waals surface area contributed by atoms with Crippen molar-refractivity contribution in [1.29, 1.82) is 0 Å². The van der Waals surface area contributed by atoms with Gasteiger partial charge in [-0.3, -0.25) is 0 Å². The molecule has 2 rings (SSSR count). The Morgan fingerprint density at radius 3 is 2.76 bits per heavy atom. The summed E-state index contributed by atoms with van der Waals surface area (Å²) in [5, 5.41) is 0. The normalized spacial score (nSPS) is 16.9. The Labute approximate surface area is 108 Å². The van der Waals surface area contributed by atoms with Crippen molar-refractivity contribution < 1.29 is 0 Å². The number of hydrogen-bond acceptors (Lipinski definition) is 3. The molecule has 1 heterocycles. The number of hydrogen-bond donors (Lipinski definition) is 1. The lowest BCUT2D eigenvalue weighted by atomic mass is 10.0. The van der Waals surface area contributed by atoms with Crippen LogP contribution < -0.4 is 0 Å². The maximum atomic E-state index is 5.26. The van der Waals surface area contributed by atoms with Crippen LogP contribution >= 0.6 is 12.2 Å². The van der Waals surface area contributed by atoms with E-state index in [0.29, 0.717) is 5.92 Å². The first-order valence-corrected chi connectivity index (χ1v) is 6.81. The van der Waals surface area contributed by atoms with Crippen molar-refractivity contribution in [2.45, 2.75) is 38.0 Å². The molecule has 0 radical (unpaired) electrons. The van der Waals surface area contributed by atoms with E-state index in [1.165, 1.54) is 31.4 Å². The summed E-state index contributed by atoms with van der Waals surface area (Å²) < 4.78 is 0.736. The van der Waals surface area contributed by atoms with E-state index in [9.17, 15) is 0 Å². The van der Waals surface area contributed by atoms with E-state index < -0.39 is 0 Å². The topological polar surface area (TPSA) is 31.9 Å². The molecule has 3 nitrogen and oxygen atoms in total. The molecule has 0 saturated heterocycles. The van der Waals surface area contributed by atoms with Crippen molar-refractivity contribution in [1.82, 2.24) is 14.9 Å². The summed E-state index contributed by atoms with van der Waals surface area (Å²) in [4.78, 5) is 10.1. The number of rotatable bonds is 4. The molecule has 17 heavy (non-hydrogen) atoms. The van der Waals surface area contributed by atoms with Crippen molar-refractivity contribution in [2.24, 2.45) is 0 Å². The number of aromatic amines is 1. The van der Waals surface area contributed by atoms with Crippen molar-refractivity contribution >= 4 is 12.2 Å². The summed E-state index contributed by atoms with van der Waals surface area (Å²) in [6, 6.07) is 2.05. The zero-order chi connectivity index (χ0) is 12.3. The fraction of sp³-hybridized carbons (Fsp3) is 0.692. The van der Waals surface area contributed by atoms with Crippen LogP contribution in [0.15, 0.2) is 6.07 Å². The summed E-state index contributed by atoms with van der Waals surface area (Å²) in [5.74, 6) is 1.71. The Bertz CT molecular complexity index is 419. The van der Waals surface area contributed by atoms with E-state index in [2.05, 4.69) is 29.0 Å². The molecule has 0 bridgehead atoms. The van der Waals surface area contributed by atoms with E-state index in [1.54, 1.807) is 0 Å². The maximum Gasteiger partial charge on any atom is 0.129 e. The third kappa shape index (κ3) is 3.61. The molecule has 4 heteroatoms. The molecule has 1 aromatic rings. The molecule has 1 fully saturated rings. The third-order valence-electron chi connectivity index (χ3n) is 3.40. The number of H-pyrrole nitrogens is 1. The molecule has 94 valence electrons. The predicted molar refractivity (Wildman–Crippen MR) is 72.9 cm³/mol. The van der Waals surface area contributed by atoms with Gasteiger partial charge in [0, 0.05) is 18.7 Å². The van der Waals surface area contributed by atoms with Crippen LogP contribution in [0.2, 0.25) is 0 Å². The lowest BCUT2D eigenvalue weighted by molar-refractivity contribution is 0.409. The second-order valence-corrected chi connectivity index (χ2v) is 5.57. The van der Waals surface area contributed by atoms with Gasteiger partial charge in [-0.25, -0.2) is 4.98 Å². The van der Waals surface area contributed by atoms with Gasteiger partial charge in [-0.15, -0.1) is 0 Å². The SMILES string of the molecule is CN(C)CCc1nc(=S)cc(C2CCCC2)[nH]1. The van der Waals surface area contributed by atoms with Crippen LogP contribution in [0, 0.1) is 4.64 Å². The van der Waals surface area contributed by atoms with Crippen LogP contribution in [0.1, 0.15) is 43.1 Å². The van der Waals surface area contributed by atoms with Crippen molar-refractivity contribution in [3.05, 3.63) is 22.2 Å². The van der Waals surface area contributed by atoms with Crippen LogP contribution in [0.5, 0.6) is 0 Å². The van der Waals surface area contributed by atoms with Crippen molar-refractivity contribution in [2.75, 3.05) is 20.6 Å². The fourth-order valence-corrected chi connectivity index (χ4v) is 2.67. The van der Waals surface area contributed by atoms with Gasteiger partial charge in [-0.2, -0.15) is 0 Å². The maximum absolute atomic E-state index is 5.26. The highest BCUT2D eigenvalue weighted by Gasteiger charge is 2.18. The second kappa shape index (κ2) is 5.74. The third-order valence-corrected chi connectivity index (χ3v) is 3.61. The average Bonchev–Trinajstić information content (AvgIpc) is 2.79. The minimum atomic E-state index is 0.679. The molecule has 0 unspecified atom stereocenters. The first-order chi connectivity index (χ1) is 8.15. The zero-order valence-corrected chi connectivity index (χ0v) is 11.5. The molecule has 1 aromatic heterocycles. The molecule has 0 aliphatic heterocycles. The number of nitrogens with zero attached hydrogens (tertiary/aromatic N) is 2. The number of likely N-dealkylation sites (N-methyl/N-ethyl adjacent to an activating group) is 1. The highest BCUT2D eigenvalue weighted by molar-refractivity contribution is 7.71. The summed E-state index contributed by atoms with van der Waals surface area (Å²) in [6.45, 7) is 1.01. The Balaban J connectivity index is 2.14. The Kier molecular flexibility index (Phi) is 4.29. The van der Waals surface area contributed by atoms with Crippen LogP contribution in [0.3, 0.4) is 0 Å². The Hall–Kier alpha value is -0.740. The summed E-state index contributed by atoms with van der Waals surface area (Å²) in [5.41, 5.74) is 1.30. The quantitative estimate of drug-likeness (QED) is 0.835. The van der Waals surface area contributed by atoms with E-state index >= 15 is 0 Å². The molecular weight excluding hydrogens is 230 g/mol.